The van der Waals surface area contributed by atoms with E-state index in [2.05, 4.69) is 10.3 Å². The number of amides is 1. The molecule has 1 aliphatic rings. The molecule has 0 spiro atoms. The van der Waals surface area contributed by atoms with Crippen molar-refractivity contribution in [3.63, 3.8) is 0 Å². The number of nitrogens with zero attached hydrogens (tertiary/aromatic N) is 1. The molecule has 236 valence electrons. The summed E-state index contributed by atoms with van der Waals surface area (Å²) in [7, 11) is 0. The normalized spacial score (nSPS) is 14.6. The molecule has 5 rings (SSSR count). The van der Waals surface area contributed by atoms with Crippen molar-refractivity contribution in [1.29, 1.82) is 0 Å². The highest BCUT2D eigenvalue weighted by Crippen LogP contribution is 2.36. The van der Waals surface area contributed by atoms with Gasteiger partial charge in [-0.25, -0.2) is 4.39 Å². The van der Waals surface area contributed by atoms with Gasteiger partial charge in [-0.1, -0.05) is 31.0 Å². The number of carbonyl (C=O) groups excluding carboxylic acids is 1. The molecular formula is C34H36FN3O7. The summed E-state index contributed by atoms with van der Waals surface area (Å²) in [4.78, 5) is 40.6. The van der Waals surface area contributed by atoms with Gasteiger partial charge in [0, 0.05) is 36.7 Å². The number of phenols is 1. The number of rotatable bonds is 14. The van der Waals surface area contributed by atoms with Crippen LogP contribution in [-0.4, -0.2) is 69.9 Å². The molecular weight excluding hydrogens is 581 g/mol. The number of aromatic hydroxyl groups is 1. The number of carboxylic acids is 1. The summed E-state index contributed by atoms with van der Waals surface area (Å²) in [5.74, 6) is -1.16. The van der Waals surface area contributed by atoms with Crippen LogP contribution in [0.3, 0.4) is 0 Å². The Bertz CT molecular complexity index is 1700. The number of carboxylic acid groups (broad SMARTS) is 1. The first-order valence-electron chi connectivity index (χ1n) is 14.9. The van der Waals surface area contributed by atoms with Crippen molar-refractivity contribution >= 4 is 22.8 Å². The Hall–Kier alpha value is -4.74. The number of hydrogen-bond donors (Lipinski definition) is 5. The first-order valence-corrected chi connectivity index (χ1v) is 14.9. The highest BCUT2D eigenvalue weighted by Gasteiger charge is 2.52. The van der Waals surface area contributed by atoms with E-state index in [0.29, 0.717) is 46.5 Å². The predicted molar refractivity (Wildman–Crippen MR) is 166 cm³/mol. The van der Waals surface area contributed by atoms with E-state index in [1.54, 1.807) is 36.4 Å². The third kappa shape index (κ3) is 7.16. The maximum absolute atomic E-state index is 13.3. The molecule has 4 aromatic rings. The van der Waals surface area contributed by atoms with Gasteiger partial charge in [-0.2, -0.15) is 0 Å². The smallest absolute Gasteiger partial charge is 0.317 e. The fourth-order valence-electron chi connectivity index (χ4n) is 5.63. The number of unbranched alkanes of at least 4 members (excludes halogenated alkanes) is 3. The lowest BCUT2D eigenvalue weighted by Crippen LogP contribution is -2.65. The number of benzene rings is 3. The van der Waals surface area contributed by atoms with E-state index in [1.807, 2.05) is 0 Å². The van der Waals surface area contributed by atoms with Crippen LogP contribution in [0.1, 0.15) is 53.3 Å². The van der Waals surface area contributed by atoms with Gasteiger partial charge in [-0.05, 0) is 79.0 Å². The van der Waals surface area contributed by atoms with Crippen LogP contribution in [0.25, 0.3) is 10.9 Å². The molecule has 10 nitrogen and oxygen atoms in total. The monoisotopic (exact) mass is 617 g/mol. The van der Waals surface area contributed by atoms with Gasteiger partial charge in [-0.3, -0.25) is 14.4 Å². The summed E-state index contributed by atoms with van der Waals surface area (Å²) < 4.78 is 19.1. The number of halogens is 1. The molecule has 0 radical (unpaired) electrons. The number of aliphatic carboxylic acids is 1. The van der Waals surface area contributed by atoms with Gasteiger partial charge in [0.1, 0.15) is 22.7 Å². The lowest BCUT2D eigenvalue weighted by Gasteiger charge is -2.47. The molecule has 5 N–H and O–H groups in total. The van der Waals surface area contributed by atoms with Crippen LogP contribution in [0.5, 0.6) is 11.5 Å². The fraction of sp³-hybridized carbons (Fsp3) is 0.324. The van der Waals surface area contributed by atoms with Gasteiger partial charge in [0.2, 0.25) is 5.56 Å². The van der Waals surface area contributed by atoms with Crippen LogP contribution in [-0.2, 0) is 10.2 Å². The Kier molecular flexibility index (Phi) is 9.80. The van der Waals surface area contributed by atoms with Crippen molar-refractivity contribution in [3.05, 3.63) is 106 Å². The predicted octanol–water partition coefficient (Wildman–Crippen LogP) is 4.11. The Morgan fingerprint density at radius 3 is 2.38 bits per heavy atom. The van der Waals surface area contributed by atoms with Gasteiger partial charge < -0.3 is 35.3 Å². The third-order valence-corrected chi connectivity index (χ3v) is 8.24. The molecule has 3 aromatic carbocycles. The second kappa shape index (κ2) is 13.9. The number of phenolic OH excluding ortho intramolecular Hbond substituents is 1. The number of aliphatic hydroxyl groups is 1. The van der Waals surface area contributed by atoms with Crippen LogP contribution in [0.15, 0.2) is 77.6 Å². The maximum Gasteiger partial charge on any atom is 0.317 e. The number of H-pyrrole nitrogens is 1. The number of nitrogens with one attached hydrogen (secondary N) is 2. The number of ether oxygens (including phenoxy) is 1. The molecule has 2 heterocycles. The Morgan fingerprint density at radius 1 is 0.956 bits per heavy atom. The summed E-state index contributed by atoms with van der Waals surface area (Å²) in [6.45, 7) is 1.63. The minimum atomic E-state index is -1.24. The first kappa shape index (κ1) is 31.7. The highest BCUT2D eigenvalue weighted by molar-refractivity contribution is 5.97. The van der Waals surface area contributed by atoms with Crippen molar-refractivity contribution in [1.82, 2.24) is 15.2 Å². The van der Waals surface area contributed by atoms with Gasteiger partial charge in [0.25, 0.3) is 5.91 Å². The Morgan fingerprint density at radius 2 is 1.67 bits per heavy atom. The lowest BCUT2D eigenvalue weighted by atomic mass is 9.73. The topological polar surface area (TPSA) is 152 Å². The second-order valence-corrected chi connectivity index (χ2v) is 11.3. The number of pyridine rings is 1. The Labute approximate surface area is 259 Å². The molecule has 45 heavy (non-hydrogen) atoms. The van der Waals surface area contributed by atoms with E-state index in [4.69, 9.17) is 4.74 Å². The second-order valence-electron chi connectivity index (χ2n) is 11.3. The van der Waals surface area contributed by atoms with Gasteiger partial charge in [-0.15, -0.1) is 0 Å². The molecule has 0 bridgehead atoms. The van der Waals surface area contributed by atoms with Gasteiger partial charge in [0.05, 0.1) is 18.2 Å². The molecule has 0 aliphatic carbocycles. The van der Waals surface area contributed by atoms with Crippen LogP contribution < -0.4 is 15.6 Å². The average molecular weight is 618 g/mol. The van der Waals surface area contributed by atoms with E-state index in [-0.39, 0.29) is 30.3 Å². The molecule has 1 saturated heterocycles. The summed E-state index contributed by atoms with van der Waals surface area (Å²) in [5, 5.41) is 34.3. The number of aromatic nitrogens is 1. The van der Waals surface area contributed by atoms with E-state index in [0.717, 1.165) is 32.2 Å². The fourth-order valence-corrected chi connectivity index (χ4v) is 5.63. The zero-order valence-electron chi connectivity index (χ0n) is 24.7. The molecule has 1 aromatic heterocycles. The highest BCUT2D eigenvalue weighted by atomic mass is 19.1. The maximum atomic E-state index is 13.3. The molecule has 1 atom stereocenters. The molecule has 1 amide bonds. The van der Waals surface area contributed by atoms with Crippen molar-refractivity contribution < 1.29 is 34.0 Å². The van der Waals surface area contributed by atoms with E-state index in [1.165, 1.54) is 41.3 Å². The molecule has 0 saturated carbocycles. The third-order valence-electron chi connectivity index (χ3n) is 8.24. The number of likely N-dealkylation sites (tertiary alicyclic amines) is 1. The van der Waals surface area contributed by atoms with Crippen LogP contribution in [0.4, 0.5) is 4.39 Å². The van der Waals surface area contributed by atoms with Crippen molar-refractivity contribution in [2.45, 2.75) is 37.2 Å². The first-order chi connectivity index (χ1) is 21.7. The van der Waals surface area contributed by atoms with Gasteiger partial charge >= 0.3 is 5.97 Å². The largest absolute Gasteiger partial charge is 0.506 e. The molecule has 1 aliphatic heterocycles. The van der Waals surface area contributed by atoms with E-state index >= 15 is 0 Å². The zero-order valence-corrected chi connectivity index (χ0v) is 24.7. The summed E-state index contributed by atoms with van der Waals surface area (Å²) in [6.07, 6.45) is 2.93. The van der Waals surface area contributed by atoms with Crippen molar-refractivity contribution in [3.8, 4) is 11.5 Å². The Balaban J connectivity index is 0.974. The number of hydrogen-bond acceptors (Lipinski definition) is 7. The number of fused-ring (bicyclic) bond motifs is 1. The SMILES string of the molecule is O=C(c1ccc(OCCCCCCNC[C@H](O)c2ccc(O)c3[nH]c(=O)ccc23)cc1)N1CC(C(=O)O)(c2ccc(F)cc2)C1. The van der Waals surface area contributed by atoms with E-state index in [9.17, 15) is 34.1 Å². The van der Waals surface area contributed by atoms with Crippen LogP contribution in [0.2, 0.25) is 0 Å². The minimum absolute atomic E-state index is 0.0137. The van der Waals surface area contributed by atoms with Crippen molar-refractivity contribution in [2.24, 2.45) is 0 Å². The lowest BCUT2D eigenvalue weighted by molar-refractivity contribution is -0.149. The average Bonchev–Trinajstić information content (AvgIpc) is 3.01. The molecule has 1 fully saturated rings. The van der Waals surface area contributed by atoms with Crippen LogP contribution >= 0.6 is 0 Å². The summed E-state index contributed by atoms with van der Waals surface area (Å²) in [6, 6.07) is 18.2. The van der Waals surface area contributed by atoms with Gasteiger partial charge in [0.15, 0.2) is 0 Å². The standard InChI is InChI=1S/C34H36FN3O7/c35-24-9-7-23(8-10-24)34(33(43)44)20-38(21-34)32(42)22-5-11-25(12-6-22)45-18-4-2-1-3-17-36-19-29(40)26-13-15-28(39)31-27(26)14-16-30(41)37-31/h5-16,29,36,39-40H,1-4,17-21H2,(H,37,41)(H,43,44)/t29-/m0/s1. The number of carbonyl (C=O) groups is 2. The quantitative estimate of drug-likeness (QED) is 0.133. The van der Waals surface area contributed by atoms with E-state index < -0.39 is 23.3 Å². The molecule has 11 heteroatoms. The number of aliphatic hydroxyl groups excluding tert-OH is 1. The zero-order chi connectivity index (χ0) is 32.0. The van der Waals surface area contributed by atoms with Crippen molar-refractivity contribution in [2.75, 3.05) is 32.8 Å². The van der Waals surface area contributed by atoms with Crippen LogP contribution in [0, 0.1) is 5.82 Å². The number of aromatic amines is 1. The summed E-state index contributed by atoms with van der Waals surface area (Å²) >= 11 is 0. The minimum Gasteiger partial charge on any atom is -0.506 e. The summed E-state index contributed by atoms with van der Waals surface area (Å²) in [5.41, 5.74) is 0.286. The molecule has 0 unspecified atom stereocenters.